The number of nitrogens with one attached hydrogen (secondary N) is 1. The highest BCUT2D eigenvalue weighted by Gasteiger charge is 2.07. The zero-order chi connectivity index (χ0) is 15.8. The molecule has 1 N–H and O–H groups in total. The summed E-state index contributed by atoms with van der Waals surface area (Å²) < 4.78 is 12.9. The van der Waals surface area contributed by atoms with E-state index in [1.807, 2.05) is 5.38 Å². The molecule has 1 aromatic heterocycles. The van der Waals surface area contributed by atoms with E-state index in [2.05, 4.69) is 17.2 Å². The molecule has 1 heterocycles. The summed E-state index contributed by atoms with van der Waals surface area (Å²) >= 11 is 1.52. The zero-order valence-corrected chi connectivity index (χ0v) is 13.6. The minimum atomic E-state index is -0.250. The van der Waals surface area contributed by atoms with Crippen molar-refractivity contribution in [1.29, 1.82) is 0 Å². The van der Waals surface area contributed by atoms with Crippen LogP contribution in [0, 0.1) is 5.82 Å². The van der Waals surface area contributed by atoms with Gasteiger partial charge in [-0.25, -0.2) is 9.37 Å². The van der Waals surface area contributed by atoms with Crippen LogP contribution in [0.2, 0.25) is 0 Å². The van der Waals surface area contributed by atoms with Gasteiger partial charge in [-0.2, -0.15) is 0 Å². The molecular weight excluding hydrogens is 299 g/mol. The molecule has 2 rings (SSSR count). The van der Waals surface area contributed by atoms with E-state index in [4.69, 9.17) is 0 Å². The number of carbonyl (C=O) groups excluding carboxylic acids is 1. The summed E-state index contributed by atoms with van der Waals surface area (Å²) in [4.78, 5) is 16.2. The average molecular weight is 320 g/mol. The Bertz CT molecular complexity index is 595. The molecule has 0 saturated carbocycles. The summed E-state index contributed by atoms with van der Waals surface area (Å²) in [6.45, 7) is 2.90. The van der Waals surface area contributed by atoms with Gasteiger partial charge >= 0.3 is 0 Å². The van der Waals surface area contributed by atoms with Gasteiger partial charge < -0.3 is 5.32 Å². The topological polar surface area (TPSA) is 42.0 Å². The Morgan fingerprint density at radius 1 is 1.27 bits per heavy atom. The lowest BCUT2D eigenvalue weighted by molar-refractivity contribution is -0.121. The maximum atomic E-state index is 12.9. The lowest BCUT2D eigenvalue weighted by Crippen LogP contribution is -2.24. The standard InChI is InChI=1S/C17H21FN2OS/c1-2-3-4-11-19-16(21)10-9-15-12-22-17(20-15)13-5-7-14(18)8-6-13/h5-8,12H,2-4,9-11H2,1H3,(H,19,21). The van der Waals surface area contributed by atoms with Gasteiger partial charge in [-0.3, -0.25) is 4.79 Å². The van der Waals surface area contributed by atoms with Crippen molar-refractivity contribution >= 4 is 17.2 Å². The number of unbranched alkanes of at least 4 members (excludes halogenated alkanes) is 2. The van der Waals surface area contributed by atoms with Gasteiger partial charge in [-0.15, -0.1) is 11.3 Å². The van der Waals surface area contributed by atoms with Gasteiger partial charge in [0.1, 0.15) is 10.8 Å². The lowest BCUT2D eigenvalue weighted by atomic mass is 10.2. The molecule has 22 heavy (non-hydrogen) atoms. The normalized spacial score (nSPS) is 10.6. The van der Waals surface area contributed by atoms with Crippen LogP contribution in [0.3, 0.4) is 0 Å². The third-order valence-electron chi connectivity index (χ3n) is 3.35. The highest BCUT2D eigenvalue weighted by atomic mass is 32.1. The third kappa shape index (κ3) is 5.22. The molecule has 2 aromatic rings. The second-order valence-electron chi connectivity index (χ2n) is 5.21. The monoisotopic (exact) mass is 320 g/mol. The molecule has 0 bridgehead atoms. The number of halogens is 1. The van der Waals surface area contributed by atoms with Gasteiger partial charge in [0.15, 0.2) is 0 Å². The minimum Gasteiger partial charge on any atom is -0.356 e. The van der Waals surface area contributed by atoms with Crippen molar-refractivity contribution in [3.63, 3.8) is 0 Å². The van der Waals surface area contributed by atoms with E-state index in [1.165, 1.54) is 23.5 Å². The molecule has 118 valence electrons. The maximum absolute atomic E-state index is 12.9. The van der Waals surface area contributed by atoms with Crippen LogP contribution in [-0.2, 0) is 11.2 Å². The number of carbonyl (C=O) groups is 1. The van der Waals surface area contributed by atoms with E-state index in [9.17, 15) is 9.18 Å². The molecular formula is C17H21FN2OS. The second-order valence-corrected chi connectivity index (χ2v) is 6.07. The minimum absolute atomic E-state index is 0.0763. The first-order valence-corrected chi connectivity index (χ1v) is 8.54. The van der Waals surface area contributed by atoms with E-state index in [0.717, 1.165) is 42.1 Å². The van der Waals surface area contributed by atoms with Crippen LogP contribution >= 0.6 is 11.3 Å². The van der Waals surface area contributed by atoms with E-state index in [0.29, 0.717) is 12.8 Å². The van der Waals surface area contributed by atoms with Crippen LogP contribution in [-0.4, -0.2) is 17.4 Å². The van der Waals surface area contributed by atoms with Crippen LogP contribution < -0.4 is 5.32 Å². The van der Waals surface area contributed by atoms with Crippen molar-refractivity contribution in [2.24, 2.45) is 0 Å². The van der Waals surface area contributed by atoms with Crippen molar-refractivity contribution in [1.82, 2.24) is 10.3 Å². The fourth-order valence-electron chi connectivity index (χ4n) is 2.08. The van der Waals surface area contributed by atoms with Crippen molar-refractivity contribution in [2.75, 3.05) is 6.54 Å². The smallest absolute Gasteiger partial charge is 0.220 e. The molecule has 0 atom stereocenters. The number of aromatic nitrogens is 1. The summed E-state index contributed by atoms with van der Waals surface area (Å²) in [7, 11) is 0. The van der Waals surface area contributed by atoms with Gasteiger partial charge in [-0.05, 0) is 37.1 Å². The average Bonchev–Trinajstić information content (AvgIpc) is 2.99. The molecule has 0 fully saturated rings. The highest BCUT2D eigenvalue weighted by Crippen LogP contribution is 2.24. The molecule has 1 aromatic carbocycles. The molecule has 0 radical (unpaired) electrons. The molecule has 0 aliphatic rings. The van der Waals surface area contributed by atoms with Gasteiger partial charge in [0.25, 0.3) is 0 Å². The molecule has 0 spiro atoms. The van der Waals surface area contributed by atoms with Crippen LogP contribution in [0.5, 0.6) is 0 Å². The molecule has 0 aliphatic heterocycles. The van der Waals surface area contributed by atoms with Crippen molar-refractivity contribution in [3.8, 4) is 10.6 Å². The van der Waals surface area contributed by atoms with Crippen LogP contribution in [0.1, 0.15) is 38.3 Å². The van der Waals surface area contributed by atoms with Gasteiger partial charge in [-0.1, -0.05) is 19.8 Å². The van der Waals surface area contributed by atoms with Crippen LogP contribution in [0.25, 0.3) is 10.6 Å². The van der Waals surface area contributed by atoms with Gasteiger partial charge in [0.05, 0.1) is 5.69 Å². The lowest BCUT2D eigenvalue weighted by Gasteiger charge is -2.03. The van der Waals surface area contributed by atoms with E-state index >= 15 is 0 Å². The maximum Gasteiger partial charge on any atom is 0.220 e. The Labute approximate surface area is 134 Å². The number of nitrogens with zero attached hydrogens (tertiary/aromatic N) is 1. The molecule has 0 aliphatic carbocycles. The zero-order valence-electron chi connectivity index (χ0n) is 12.8. The number of hydrogen-bond donors (Lipinski definition) is 1. The predicted octanol–water partition coefficient (Wildman–Crippen LogP) is 4.19. The highest BCUT2D eigenvalue weighted by molar-refractivity contribution is 7.13. The van der Waals surface area contributed by atoms with E-state index in [-0.39, 0.29) is 11.7 Å². The fraction of sp³-hybridized carbons (Fsp3) is 0.412. The van der Waals surface area contributed by atoms with Crippen molar-refractivity contribution in [2.45, 2.75) is 39.0 Å². The summed E-state index contributed by atoms with van der Waals surface area (Å²) in [6, 6.07) is 6.30. The molecule has 0 unspecified atom stereocenters. The van der Waals surface area contributed by atoms with E-state index in [1.54, 1.807) is 12.1 Å². The first-order valence-electron chi connectivity index (χ1n) is 7.66. The number of hydrogen-bond acceptors (Lipinski definition) is 3. The second kappa shape index (κ2) is 8.63. The number of thiazole rings is 1. The summed E-state index contributed by atoms with van der Waals surface area (Å²) in [5.74, 6) is -0.173. The van der Waals surface area contributed by atoms with Gasteiger partial charge in [0.2, 0.25) is 5.91 Å². The van der Waals surface area contributed by atoms with Crippen LogP contribution in [0.4, 0.5) is 4.39 Å². The summed E-state index contributed by atoms with van der Waals surface area (Å²) in [5, 5.41) is 5.75. The van der Waals surface area contributed by atoms with Crippen LogP contribution in [0.15, 0.2) is 29.6 Å². The first-order chi connectivity index (χ1) is 10.7. The van der Waals surface area contributed by atoms with Gasteiger partial charge in [0, 0.05) is 23.9 Å². The quantitative estimate of drug-likeness (QED) is 0.741. The Morgan fingerprint density at radius 3 is 2.77 bits per heavy atom. The SMILES string of the molecule is CCCCCNC(=O)CCc1csc(-c2ccc(F)cc2)n1. The first kappa shape index (κ1) is 16.6. The Morgan fingerprint density at radius 2 is 2.05 bits per heavy atom. The number of rotatable bonds is 8. The summed E-state index contributed by atoms with van der Waals surface area (Å²) in [6.07, 6.45) is 4.43. The van der Waals surface area contributed by atoms with E-state index < -0.39 is 0 Å². The summed E-state index contributed by atoms with van der Waals surface area (Å²) in [5.41, 5.74) is 1.81. The number of benzene rings is 1. The predicted molar refractivity (Wildman–Crippen MR) is 88.4 cm³/mol. The Balaban J connectivity index is 1.79. The molecule has 5 heteroatoms. The number of aryl methyl sites for hydroxylation is 1. The fourth-order valence-corrected chi connectivity index (χ4v) is 2.94. The largest absolute Gasteiger partial charge is 0.356 e. The molecule has 1 amide bonds. The van der Waals surface area contributed by atoms with Crippen molar-refractivity contribution < 1.29 is 9.18 Å². The molecule has 0 saturated heterocycles. The third-order valence-corrected chi connectivity index (χ3v) is 4.29. The van der Waals surface area contributed by atoms with Crippen molar-refractivity contribution in [3.05, 3.63) is 41.2 Å². The Kier molecular flexibility index (Phi) is 6.52. The Hall–Kier alpha value is -1.75. The number of amides is 1. The molecule has 3 nitrogen and oxygen atoms in total.